The number of hydrogen-bond acceptors (Lipinski definition) is 3. The van der Waals surface area contributed by atoms with Crippen LogP contribution in [0, 0.1) is 0 Å². The summed E-state index contributed by atoms with van der Waals surface area (Å²) in [6, 6.07) is 0. The zero-order chi connectivity index (χ0) is 14.0. The van der Waals surface area contributed by atoms with Crippen molar-refractivity contribution in [1.29, 1.82) is 0 Å². The summed E-state index contributed by atoms with van der Waals surface area (Å²) in [5, 5.41) is 2.96. The van der Waals surface area contributed by atoms with Crippen molar-refractivity contribution in [2.75, 3.05) is 20.2 Å². The van der Waals surface area contributed by atoms with E-state index in [2.05, 4.69) is 10.1 Å². The highest BCUT2D eigenvalue weighted by atomic mass is 19.4. The van der Waals surface area contributed by atoms with Crippen molar-refractivity contribution >= 4 is 5.97 Å². The first kappa shape index (κ1) is 17.0. The van der Waals surface area contributed by atoms with Crippen molar-refractivity contribution in [2.24, 2.45) is 0 Å². The van der Waals surface area contributed by atoms with Gasteiger partial charge in [-0.1, -0.05) is 13.0 Å². The molecule has 0 radical (unpaired) electrons. The van der Waals surface area contributed by atoms with Crippen LogP contribution in [0.3, 0.4) is 0 Å². The van der Waals surface area contributed by atoms with Crippen LogP contribution in [0.1, 0.15) is 32.6 Å². The number of alkyl halides is 3. The van der Waals surface area contributed by atoms with Crippen molar-refractivity contribution in [1.82, 2.24) is 5.32 Å². The number of rotatable bonds is 8. The topological polar surface area (TPSA) is 38.3 Å². The van der Waals surface area contributed by atoms with E-state index in [4.69, 9.17) is 0 Å². The molecule has 106 valence electrons. The first-order chi connectivity index (χ1) is 8.40. The van der Waals surface area contributed by atoms with E-state index in [1.54, 1.807) is 6.08 Å². The standard InChI is InChI=1S/C12H20F3NO2/c1-3-10(11(17)18-2)6-9-16-8-5-4-7-12(13,14)15/h6,16H,3-5,7-9H2,1-2H3. The third kappa shape index (κ3) is 9.04. The molecule has 6 heteroatoms. The minimum Gasteiger partial charge on any atom is -0.466 e. The quantitative estimate of drug-likeness (QED) is 0.417. The molecule has 18 heavy (non-hydrogen) atoms. The van der Waals surface area contributed by atoms with Crippen molar-refractivity contribution < 1.29 is 22.7 Å². The lowest BCUT2D eigenvalue weighted by Crippen LogP contribution is -2.17. The second-order valence-electron chi connectivity index (χ2n) is 3.85. The summed E-state index contributed by atoms with van der Waals surface area (Å²) in [6.07, 6.45) is -1.95. The number of carbonyl (C=O) groups is 1. The van der Waals surface area contributed by atoms with E-state index in [1.165, 1.54) is 7.11 Å². The second-order valence-corrected chi connectivity index (χ2v) is 3.85. The van der Waals surface area contributed by atoms with Crippen LogP contribution >= 0.6 is 0 Å². The summed E-state index contributed by atoms with van der Waals surface area (Å²) >= 11 is 0. The van der Waals surface area contributed by atoms with Gasteiger partial charge < -0.3 is 10.1 Å². The molecule has 1 N–H and O–H groups in total. The van der Waals surface area contributed by atoms with Crippen LogP contribution in [0.4, 0.5) is 13.2 Å². The summed E-state index contributed by atoms with van der Waals surface area (Å²) in [5.74, 6) is -0.364. The molecule has 0 aromatic carbocycles. The molecule has 0 bridgehead atoms. The van der Waals surface area contributed by atoms with E-state index >= 15 is 0 Å². The summed E-state index contributed by atoms with van der Waals surface area (Å²) in [6.45, 7) is 2.81. The minimum absolute atomic E-state index is 0.123. The molecule has 0 aliphatic carbocycles. The van der Waals surface area contributed by atoms with Crippen LogP contribution in [-0.2, 0) is 9.53 Å². The highest BCUT2D eigenvalue weighted by molar-refractivity contribution is 5.88. The van der Waals surface area contributed by atoms with Gasteiger partial charge in [0, 0.05) is 18.5 Å². The van der Waals surface area contributed by atoms with E-state index in [0.717, 1.165) is 0 Å². The van der Waals surface area contributed by atoms with Gasteiger partial charge >= 0.3 is 12.1 Å². The molecule has 0 amide bonds. The van der Waals surface area contributed by atoms with Gasteiger partial charge in [0.2, 0.25) is 0 Å². The summed E-state index contributed by atoms with van der Waals surface area (Å²) in [4.78, 5) is 11.2. The SMILES string of the molecule is CCC(=CCNCCCCC(F)(F)F)C(=O)OC. The predicted octanol–water partition coefficient (Wildman–Crippen LogP) is 2.82. The van der Waals surface area contributed by atoms with Gasteiger partial charge in [0.15, 0.2) is 0 Å². The number of halogens is 3. The summed E-state index contributed by atoms with van der Waals surface area (Å²) in [7, 11) is 1.32. The highest BCUT2D eigenvalue weighted by Crippen LogP contribution is 2.21. The van der Waals surface area contributed by atoms with E-state index in [9.17, 15) is 18.0 Å². The third-order valence-corrected chi connectivity index (χ3v) is 2.39. The monoisotopic (exact) mass is 267 g/mol. The van der Waals surface area contributed by atoms with Crippen molar-refractivity contribution in [3.05, 3.63) is 11.6 Å². The lowest BCUT2D eigenvalue weighted by atomic mass is 10.2. The normalized spacial score (nSPS) is 12.6. The summed E-state index contributed by atoms with van der Waals surface area (Å²) < 4.78 is 40.1. The Bertz CT molecular complexity index is 275. The largest absolute Gasteiger partial charge is 0.466 e. The van der Waals surface area contributed by atoms with Gasteiger partial charge in [-0.2, -0.15) is 13.2 Å². The molecule has 0 unspecified atom stereocenters. The zero-order valence-electron chi connectivity index (χ0n) is 10.8. The molecular weight excluding hydrogens is 247 g/mol. The third-order valence-electron chi connectivity index (χ3n) is 2.39. The molecular formula is C12H20F3NO2. The van der Waals surface area contributed by atoms with E-state index in [1.807, 2.05) is 6.92 Å². The maximum absolute atomic E-state index is 11.8. The van der Waals surface area contributed by atoms with Gasteiger partial charge in [0.05, 0.1) is 7.11 Å². The van der Waals surface area contributed by atoms with Crippen LogP contribution in [0.25, 0.3) is 0 Å². The van der Waals surface area contributed by atoms with Crippen molar-refractivity contribution in [3.8, 4) is 0 Å². The molecule has 0 aliphatic heterocycles. The van der Waals surface area contributed by atoms with E-state index < -0.39 is 12.6 Å². The smallest absolute Gasteiger partial charge is 0.389 e. The molecule has 0 aromatic rings. The fraction of sp³-hybridized carbons (Fsp3) is 0.750. The maximum atomic E-state index is 11.8. The molecule has 0 saturated heterocycles. The van der Waals surface area contributed by atoms with Crippen LogP contribution in [0.15, 0.2) is 11.6 Å². The fourth-order valence-corrected chi connectivity index (χ4v) is 1.38. The highest BCUT2D eigenvalue weighted by Gasteiger charge is 2.25. The van der Waals surface area contributed by atoms with Gasteiger partial charge in [-0.25, -0.2) is 4.79 Å². The number of methoxy groups -OCH3 is 1. The van der Waals surface area contributed by atoms with Gasteiger partial charge in [-0.3, -0.25) is 0 Å². The predicted molar refractivity (Wildman–Crippen MR) is 63.2 cm³/mol. The molecule has 0 atom stereocenters. The minimum atomic E-state index is -4.07. The number of nitrogens with one attached hydrogen (secondary N) is 1. The fourth-order valence-electron chi connectivity index (χ4n) is 1.38. The Morgan fingerprint density at radius 2 is 2.00 bits per heavy atom. The van der Waals surface area contributed by atoms with Gasteiger partial charge in [-0.05, 0) is 25.8 Å². The number of hydrogen-bond donors (Lipinski definition) is 1. The summed E-state index contributed by atoms with van der Waals surface area (Å²) in [5.41, 5.74) is 0.570. The molecule has 0 heterocycles. The van der Waals surface area contributed by atoms with Gasteiger partial charge in [-0.15, -0.1) is 0 Å². The number of ether oxygens (including phenoxy) is 1. The first-order valence-electron chi connectivity index (χ1n) is 5.95. The molecule has 0 aromatic heterocycles. The number of esters is 1. The average molecular weight is 267 g/mol. The van der Waals surface area contributed by atoms with Crippen LogP contribution in [0.5, 0.6) is 0 Å². The van der Waals surface area contributed by atoms with E-state index in [-0.39, 0.29) is 12.4 Å². The zero-order valence-corrected chi connectivity index (χ0v) is 10.8. The Morgan fingerprint density at radius 1 is 1.33 bits per heavy atom. The maximum Gasteiger partial charge on any atom is 0.389 e. The molecule has 3 nitrogen and oxygen atoms in total. The molecule has 0 saturated carbocycles. The number of unbranched alkanes of at least 4 members (excludes halogenated alkanes) is 1. The van der Waals surface area contributed by atoms with Crippen LogP contribution in [-0.4, -0.2) is 32.3 Å². The average Bonchev–Trinajstić information content (AvgIpc) is 2.30. The number of carbonyl (C=O) groups excluding carboxylic acids is 1. The Kier molecular flexibility index (Phi) is 8.45. The molecule has 0 fully saturated rings. The van der Waals surface area contributed by atoms with Crippen LogP contribution in [0.2, 0.25) is 0 Å². The van der Waals surface area contributed by atoms with Crippen molar-refractivity contribution in [2.45, 2.75) is 38.8 Å². The molecule has 0 aliphatic rings. The van der Waals surface area contributed by atoms with Gasteiger partial charge in [0.25, 0.3) is 0 Å². The molecule has 0 spiro atoms. The Balaban J connectivity index is 3.66. The Hall–Kier alpha value is -1.04. The first-order valence-corrected chi connectivity index (χ1v) is 5.95. The Labute approximate surface area is 105 Å². The lowest BCUT2D eigenvalue weighted by Gasteiger charge is -2.06. The lowest BCUT2D eigenvalue weighted by molar-refractivity contribution is -0.136. The van der Waals surface area contributed by atoms with Crippen molar-refractivity contribution in [3.63, 3.8) is 0 Å². The van der Waals surface area contributed by atoms with Crippen LogP contribution < -0.4 is 5.32 Å². The second kappa shape index (κ2) is 8.97. The van der Waals surface area contributed by atoms with Gasteiger partial charge in [0.1, 0.15) is 0 Å². The molecule has 0 rings (SSSR count). The van der Waals surface area contributed by atoms with E-state index in [0.29, 0.717) is 31.5 Å². The Morgan fingerprint density at radius 3 is 2.50 bits per heavy atom.